The van der Waals surface area contributed by atoms with Gasteiger partial charge in [-0.3, -0.25) is 9.59 Å². The molecule has 1 heterocycles. The highest BCUT2D eigenvalue weighted by Crippen LogP contribution is 2.20. The number of aromatic nitrogens is 2. The third kappa shape index (κ3) is 5.20. The molecule has 3 rings (SSSR count). The van der Waals surface area contributed by atoms with Gasteiger partial charge in [0.05, 0.1) is 11.8 Å². The molecule has 0 aliphatic rings. The van der Waals surface area contributed by atoms with E-state index in [0.29, 0.717) is 5.16 Å². The number of benzene rings is 2. The number of rotatable bonds is 7. The van der Waals surface area contributed by atoms with Crippen LogP contribution in [0.4, 0.5) is 0 Å². The second kappa shape index (κ2) is 8.86. The molecular formula is C21H23N3O2S. The van der Waals surface area contributed by atoms with Crippen molar-refractivity contribution < 1.29 is 4.79 Å². The first-order chi connectivity index (χ1) is 13.0. The lowest BCUT2D eigenvalue weighted by Gasteiger charge is -2.15. The van der Waals surface area contributed by atoms with Crippen LogP contribution < -0.4 is 10.9 Å². The normalized spacial score (nSPS) is 12.1. The quantitative estimate of drug-likeness (QED) is 0.482. The second-order valence-electron chi connectivity index (χ2n) is 6.48. The van der Waals surface area contributed by atoms with Gasteiger partial charge in [0.25, 0.3) is 5.56 Å². The Morgan fingerprint density at radius 1 is 1.19 bits per heavy atom. The molecule has 0 aliphatic heterocycles. The second-order valence-corrected chi connectivity index (χ2v) is 7.44. The van der Waals surface area contributed by atoms with Gasteiger partial charge in [-0.05, 0) is 35.7 Å². The summed E-state index contributed by atoms with van der Waals surface area (Å²) in [5.41, 5.74) is 1.64. The Kier molecular flexibility index (Phi) is 6.29. The van der Waals surface area contributed by atoms with E-state index in [1.807, 2.05) is 32.0 Å². The van der Waals surface area contributed by atoms with Gasteiger partial charge in [-0.2, -0.15) is 0 Å². The summed E-state index contributed by atoms with van der Waals surface area (Å²) in [6.07, 6.45) is 1.67. The highest BCUT2D eigenvalue weighted by Gasteiger charge is 2.11. The minimum Gasteiger partial charge on any atom is -0.349 e. The van der Waals surface area contributed by atoms with Crippen molar-refractivity contribution in [3.05, 3.63) is 70.1 Å². The zero-order chi connectivity index (χ0) is 19.2. The SMILES string of the molecule is CCCc1cc(=O)[nH]c(SCC(=O)NC(C)c2ccc3ccccc3c2)n1. The molecule has 1 atom stereocenters. The van der Waals surface area contributed by atoms with E-state index in [-0.39, 0.29) is 23.3 Å². The average molecular weight is 382 g/mol. The van der Waals surface area contributed by atoms with Crippen LogP contribution in [0.3, 0.4) is 0 Å². The van der Waals surface area contributed by atoms with Crippen LogP contribution in [0.25, 0.3) is 10.8 Å². The van der Waals surface area contributed by atoms with E-state index in [4.69, 9.17) is 0 Å². The Balaban J connectivity index is 1.60. The smallest absolute Gasteiger partial charge is 0.251 e. The molecule has 140 valence electrons. The first-order valence-corrected chi connectivity index (χ1v) is 10.0. The number of H-pyrrole nitrogens is 1. The number of nitrogens with zero attached hydrogens (tertiary/aromatic N) is 1. The van der Waals surface area contributed by atoms with Crippen molar-refractivity contribution in [1.29, 1.82) is 0 Å². The molecule has 27 heavy (non-hydrogen) atoms. The summed E-state index contributed by atoms with van der Waals surface area (Å²) in [6.45, 7) is 4.01. The molecule has 1 unspecified atom stereocenters. The predicted molar refractivity (Wildman–Crippen MR) is 110 cm³/mol. The van der Waals surface area contributed by atoms with Gasteiger partial charge in [-0.25, -0.2) is 4.98 Å². The zero-order valence-electron chi connectivity index (χ0n) is 15.5. The Morgan fingerprint density at radius 2 is 1.96 bits per heavy atom. The van der Waals surface area contributed by atoms with Gasteiger partial charge in [0, 0.05) is 11.8 Å². The summed E-state index contributed by atoms with van der Waals surface area (Å²) >= 11 is 1.24. The number of thioether (sulfide) groups is 1. The number of fused-ring (bicyclic) bond motifs is 1. The van der Waals surface area contributed by atoms with E-state index in [1.165, 1.54) is 23.2 Å². The van der Waals surface area contributed by atoms with Gasteiger partial charge >= 0.3 is 0 Å². The maximum atomic E-state index is 12.3. The number of hydrogen-bond acceptors (Lipinski definition) is 4. The van der Waals surface area contributed by atoms with Crippen LogP contribution in [0.2, 0.25) is 0 Å². The number of aryl methyl sites for hydroxylation is 1. The molecule has 0 bridgehead atoms. The van der Waals surface area contributed by atoms with Crippen molar-refractivity contribution in [3.8, 4) is 0 Å². The van der Waals surface area contributed by atoms with Crippen molar-refractivity contribution in [3.63, 3.8) is 0 Å². The molecule has 2 aromatic carbocycles. The molecule has 0 saturated heterocycles. The van der Waals surface area contributed by atoms with E-state index in [2.05, 4.69) is 39.6 Å². The van der Waals surface area contributed by atoms with Crippen molar-refractivity contribution in [2.45, 2.75) is 37.9 Å². The fraction of sp³-hybridized carbons (Fsp3) is 0.286. The molecule has 0 saturated carbocycles. The number of aromatic amines is 1. The molecule has 0 radical (unpaired) electrons. The minimum atomic E-state index is -0.180. The number of carbonyl (C=O) groups excluding carboxylic acids is 1. The summed E-state index contributed by atoms with van der Waals surface area (Å²) in [6, 6.07) is 15.8. The summed E-state index contributed by atoms with van der Waals surface area (Å²) < 4.78 is 0. The van der Waals surface area contributed by atoms with Gasteiger partial charge < -0.3 is 10.3 Å². The van der Waals surface area contributed by atoms with Gasteiger partial charge in [0.15, 0.2) is 5.16 Å². The summed E-state index contributed by atoms with van der Waals surface area (Å²) in [5, 5.41) is 5.82. The molecule has 3 aromatic rings. The van der Waals surface area contributed by atoms with E-state index in [0.717, 1.165) is 29.5 Å². The number of hydrogen-bond donors (Lipinski definition) is 2. The Hall–Kier alpha value is -2.60. The lowest BCUT2D eigenvalue weighted by Crippen LogP contribution is -2.28. The van der Waals surface area contributed by atoms with Crippen molar-refractivity contribution in [2.24, 2.45) is 0 Å². The molecular weight excluding hydrogens is 358 g/mol. The van der Waals surface area contributed by atoms with Crippen molar-refractivity contribution in [1.82, 2.24) is 15.3 Å². The van der Waals surface area contributed by atoms with Gasteiger partial charge in [0.2, 0.25) is 5.91 Å². The van der Waals surface area contributed by atoms with Crippen LogP contribution in [0.1, 0.15) is 37.6 Å². The molecule has 0 fully saturated rings. The largest absolute Gasteiger partial charge is 0.349 e. The fourth-order valence-electron chi connectivity index (χ4n) is 2.91. The van der Waals surface area contributed by atoms with E-state index < -0.39 is 0 Å². The first kappa shape index (κ1) is 19.2. The number of carbonyl (C=O) groups is 1. The lowest BCUT2D eigenvalue weighted by molar-refractivity contribution is -0.119. The molecule has 0 spiro atoms. The van der Waals surface area contributed by atoms with Gasteiger partial charge in [-0.1, -0.05) is 61.5 Å². The van der Waals surface area contributed by atoms with Crippen LogP contribution in [0.15, 0.2) is 58.5 Å². The Labute approximate surface area is 162 Å². The van der Waals surface area contributed by atoms with Crippen LogP contribution in [-0.2, 0) is 11.2 Å². The standard InChI is InChI=1S/C21H23N3O2S/c1-3-6-18-12-19(25)24-21(23-18)27-13-20(26)22-14(2)16-10-9-15-7-4-5-8-17(15)11-16/h4-5,7-12,14H,3,6,13H2,1-2H3,(H,22,26)(H,23,24,25). The summed E-state index contributed by atoms with van der Waals surface area (Å²) in [7, 11) is 0. The molecule has 0 aliphatic carbocycles. The van der Waals surface area contributed by atoms with Gasteiger partial charge in [-0.15, -0.1) is 0 Å². The molecule has 1 amide bonds. The number of nitrogens with one attached hydrogen (secondary N) is 2. The first-order valence-electron chi connectivity index (χ1n) is 9.06. The Bertz CT molecular complexity index is 1000. The molecule has 2 N–H and O–H groups in total. The van der Waals surface area contributed by atoms with E-state index in [9.17, 15) is 9.59 Å². The highest BCUT2D eigenvalue weighted by molar-refractivity contribution is 7.99. The molecule has 6 heteroatoms. The predicted octanol–water partition coefficient (Wildman–Crippen LogP) is 3.85. The van der Waals surface area contributed by atoms with Crippen LogP contribution in [0.5, 0.6) is 0 Å². The van der Waals surface area contributed by atoms with Crippen molar-refractivity contribution in [2.75, 3.05) is 5.75 Å². The van der Waals surface area contributed by atoms with Crippen LogP contribution in [0, 0.1) is 0 Å². The zero-order valence-corrected chi connectivity index (χ0v) is 16.3. The third-order valence-electron chi connectivity index (χ3n) is 4.27. The number of amides is 1. The Morgan fingerprint density at radius 3 is 2.74 bits per heavy atom. The monoisotopic (exact) mass is 381 g/mol. The van der Waals surface area contributed by atoms with Crippen LogP contribution in [-0.4, -0.2) is 21.6 Å². The minimum absolute atomic E-state index is 0.0933. The van der Waals surface area contributed by atoms with E-state index in [1.54, 1.807) is 0 Å². The average Bonchev–Trinajstić information content (AvgIpc) is 2.66. The maximum Gasteiger partial charge on any atom is 0.251 e. The maximum absolute atomic E-state index is 12.3. The summed E-state index contributed by atoms with van der Waals surface area (Å²) in [4.78, 5) is 31.1. The van der Waals surface area contributed by atoms with Crippen LogP contribution >= 0.6 is 11.8 Å². The van der Waals surface area contributed by atoms with E-state index >= 15 is 0 Å². The fourth-order valence-corrected chi connectivity index (χ4v) is 3.62. The highest BCUT2D eigenvalue weighted by atomic mass is 32.2. The van der Waals surface area contributed by atoms with Gasteiger partial charge in [0.1, 0.15) is 0 Å². The topological polar surface area (TPSA) is 74.8 Å². The summed E-state index contributed by atoms with van der Waals surface area (Å²) in [5.74, 6) is 0.111. The lowest BCUT2D eigenvalue weighted by atomic mass is 10.0. The molecule has 1 aromatic heterocycles. The third-order valence-corrected chi connectivity index (χ3v) is 5.14. The van der Waals surface area contributed by atoms with Crippen molar-refractivity contribution >= 4 is 28.4 Å². The molecule has 5 nitrogen and oxygen atoms in total.